The molecule has 134 valence electrons. The molecule has 0 atom stereocenters. The molecule has 0 fully saturated rings. The maximum atomic E-state index is 6.06. The number of halogens is 1. The fraction of sp³-hybridized carbons (Fsp3) is 0.158. The van der Waals surface area contributed by atoms with Crippen molar-refractivity contribution < 1.29 is 9.47 Å². The van der Waals surface area contributed by atoms with Gasteiger partial charge in [0.15, 0.2) is 0 Å². The summed E-state index contributed by atoms with van der Waals surface area (Å²) in [5.41, 5.74) is 1.63. The van der Waals surface area contributed by atoms with Crippen LogP contribution < -0.4 is 20.1 Å². The molecule has 0 unspecified atom stereocenters. The van der Waals surface area contributed by atoms with Crippen molar-refractivity contribution >= 4 is 34.6 Å². The second-order valence-electron chi connectivity index (χ2n) is 5.34. The van der Waals surface area contributed by atoms with Crippen molar-refractivity contribution in [2.24, 2.45) is 0 Å². The number of methoxy groups -OCH3 is 1. The SMILES string of the molecule is CCOc1ccc(Nc2cc(Nc3cc(Cl)ccc3OC)ncn2)cc1. The highest BCUT2D eigenvalue weighted by Gasteiger charge is 2.06. The van der Waals surface area contributed by atoms with Gasteiger partial charge in [-0.2, -0.15) is 0 Å². The molecule has 0 aliphatic carbocycles. The Bertz CT molecular complexity index is 872. The Kier molecular flexibility index (Phi) is 5.76. The van der Waals surface area contributed by atoms with Gasteiger partial charge in [-0.25, -0.2) is 9.97 Å². The number of rotatable bonds is 7. The van der Waals surface area contributed by atoms with Crippen LogP contribution in [0.5, 0.6) is 11.5 Å². The topological polar surface area (TPSA) is 68.3 Å². The largest absolute Gasteiger partial charge is 0.495 e. The lowest BCUT2D eigenvalue weighted by atomic mass is 10.3. The van der Waals surface area contributed by atoms with Crippen LogP contribution in [0.2, 0.25) is 5.02 Å². The minimum absolute atomic E-state index is 0.607. The van der Waals surface area contributed by atoms with Crippen LogP contribution in [0, 0.1) is 0 Å². The number of nitrogens with zero attached hydrogens (tertiary/aromatic N) is 2. The Balaban J connectivity index is 1.75. The zero-order valence-electron chi connectivity index (χ0n) is 14.5. The van der Waals surface area contributed by atoms with Crippen LogP contribution in [0.15, 0.2) is 54.9 Å². The van der Waals surface area contributed by atoms with Gasteiger partial charge in [0.25, 0.3) is 0 Å². The molecule has 3 rings (SSSR count). The molecular weight excluding hydrogens is 352 g/mol. The van der Waals surface area contributed by atoms with E-state index in [4.69, 9.17) is 21.1 Å². The van der Waals surface area contributed by atoms with Crippen molar-refractivity contribution in [2.45, 2.75) is 6.92 Å². The predicted octanol–water partition coefficient (Wildman–Crippen LogP) is 5.02. The summed E-state index contributed by atoms with van der Waals surface area (Å²) in [6.07, 6.45) is 1.48. The standard InChI is InChI=1S/C19H19ClN4O2/c1-3-26-15-7-5-14(6-8-15)23-18-11-19(22-12-21-18)24-16-10-13(20)4-9-17(16)25-2/h4-12H,3H2,1-2H3,(H2,21,22,23,24). The number of hydrogen-bond donors (Lipinski definition) is 2. The lowest BCUT2D eigenvalue weighted by molar-refractivity contribution is 0.340. The smallest absolute Gasteiger partial charge is 0.142 e. The van der Waals surface area contributed by atoms with E-state index in [1.165, 1.54) is 6.33 Å². The summed E-state index contributed by atoms with van der Waals surface area (Å²) in [4.78, 5) is 8.48. The molecule has 0 aliphatic rings. The Hall–Kier alpha value is -2.99. The van der Waals surface area contributed by atoms with E-state index in [0.29, 0.717) is 29.0 Å². The summed E-state index contributed by atoms with van der Waals surface area (Å²) in [5, 5.41) is 7.04. The highest BCUT2D eigenvalue weighted by atomic mass is 35.5. The molecule has 2 N–H and O–H groups in total. The van der Waals surface area contributed by atoms with Gasteiger partial charge in [0.1, 0.15) is 29.5 Å². The zero-order valence-corrected chi connectivity index (χ0v) is 15.2. The fourth-order valence-electron chi connectivity index (χ4n) is 2.36. The van der Waals surface area contributed by atoms with Gasteiger partial charge < -0.3 is 20.1 Å². The lowest BCUT2D eigenvalue weighted by Crippen LogP contribution is -2.00. The van der Waals surface area contributed by atoms with Gasteiger partial charge in [0.2, 0.25) is 0 Å². The summed E-state index contributed by atoms with van der Waals surface area (Å²) in [6, 6.07) is 14.8. The van der Waals surface area contributed by atoms with Crippen molar-refractivity contribution in [3.8, 4) is 11.5 Å². The maximum Gasteiger partial charge on any atom is 0.142 e. The molecule has 0 bridgehead atoms. The first-order valence-corrected chi connectivity index (χ1v) is 8.48. The van der Waals surface area contributed by atoms with Crippen molar-refractivity contribution in [3.63, 3.8) is 0 Å². The van der Waals surface area contributed by atoms with Crippen molar-refractivity contribution in [2.75, 3.05) is 24.4 Å². The minimum Gasteiger partial charge on any atom is -0.495 e. The Morgan fingerprint density at radius 2 is 1.69 bits per heavy atom. The molecule has 3 aromatic rings. The number of aromatic nitrogens is 2. The third-order valence-electron chi connectivity index (χ3n) is 3.53. The molecule has 0 amide bonds. The highest BCUT2D eigenvalue weighted by Crippen LogP contribution is 2.30. The van der Waals surface area contributed by atoms with E-state index in [1.807, 2.05) is 31.2 Å². The molecule has 1 aromatic heterocycles. The molecule has 0 saturated heterocycles. The molecule has 1 heterocycles. The van der Waals surface area contributed by atoms with E-state index >= 15 is 0 Å². The van der Waals surface area contributed by atoms with Gasteiger partial charge >= 0.3 is 0 Å². The van der Waals surface area contributed by atoms with Gasteiger partial charge in [-0.05, 0) is 49.4 Å². The fourth-order valence-corrected chi connectivity index (χ4v) is 2.53. The number of nitrogens with one attached hydrogen (secondary N) is 2. The Labute approximate surface area is 157 Å². The predicted molar refractivity (Wildman–Crippen MR) is 104 cm³/mol. The van der Waals surface area contributed by atoms with Crippen LogP contribution in [-0.4, -0.2) is 23.7 Å². The third-order valence-corrected chi connectivity index (χ3v) is 3.76. The third kappa shape index (κ3) is 4.55. The lowest BCUT2D eigenvalue weighted by Gasteiger charge is -2.12. The minimum atomic E-state index is 0.607. The van der Waals surface area contributed by atoms with Crippen molar-refractivity contribution in [3.05, 3.63) is 59.9 Å². The van der Waals surface area contributed by atoms with E-state index in [-0.39, 0.29) is 0 Å². The number of hydrogen-bond acceptors (Lipinski definition) is 6. The maximum absolute atomic E-state index is 6.06. The van der Waals surface area contributed by atoms with Crippen molar-refractivity contribution in [1.82, 2.24) is 9.97 Å². The van der Waals surface area contributed by atoms with E-state index in [2.05, 4.69) is 20.6 Å². The van der Waals surface area contributed by atoms with Crippen LogP contribution in [-0.2, 0) is 0 Å². The second kappa shape index (κ2) is 8.40. The van der Waals surface area contributed by atoms with E-state index in [9.17, 15) is 0 Å². The first kappa shape index (κ1) is 17.8. The van der Waals surface area contributed by atoms with Gasteiger partial charge in [0.05, 0.1) is 19.4 Å². The van der Waals surface area contributed by atoms with Crippen LogP contribution in [0.1, 0.15) is 6.92 Å². The first-order valence-electron chi connectivity index (χ1n) is 8.10. The van der Waals surface area contributed by atoms with Gasteiger partial charge in [-0.15, -0.1) is 0 Å². The van der Waals surface area contributed by atoms with E-state index in [1.54, 1.807) is 31.4 Å². The summed E-state index contributed by atoms with van der Waals surface area (Å²) < 4.78 is 10.8. The Morgan fingerprint density at radius 1 is 0.962 bits per heavy atom. The molecule has 6 nitrogen and oxygen atoms in total. The van der Waals surface area contributed by atoms with Gasteiger partial charge in [-0.3, -0.25) is 0 Å². The van der Waals surface area contributed by atoms with E-state index in [0.717, 1.165) is 17.1 Å². The quantitative estimate of drug-likeness (QED) is 0.608. The first-order chi connectivity index (χ1) is 12.7. The summed E-state index contributed by atoms with van der Waals surface area (Å²) in [7, 11) is 1.60. The Morgan fingerprint density at radius 3 is 2.38 bits per heavy atom. The molecule has 7 heteroatoms. The van der Waals surface area contributed by atoms with Crippen LogP contribution in [0.25, 0.3) is 0 Å². The van der Waals surface area contributed by atoms with Gasteiger partial charge in [0, 0.05) is 16.8 Å². The second-order valence-corrected chi connectivity index (χ2v) is 5.78. The molecule has 0 saturated carbocycles. The number of ether oxygens (including phenoxy) is 2. The number of benzene rings is 2. The summed E-state index contributed by atoms with van der Waals surface area (Å²) in [6.45, 7) is 2.59. The van der Waals surface area contributed by atoms with Crippen molar-refractivity contribution in [1.29, 1.82) is 0 Å². The number of anilines is 4. The normalized spacial score (nSPS) is 10.3. The van der Waals surface area contributed by atoms with Crippen LogP contribution in [0.4, 0.5) is 23.0 Å². The summed E-state index contributed by atoms with van der Waals surface area (Å²) in [5.74, 6) is 2.78. The molecule has 0 aliphatic heterocycles. The molecular formula is C19H19ClN4O2. The van der Waals surface area contributed by atoms with E-state index < -0.39 is 0 Å². The highest BCUT2D eigenvalue weighted by molar-refractivity contribution is 6.31. The van der Waals surface area contributed by atoms with Gasteiger partial charge in [-0.1, -0.05) is 11.6 Å². The summed E-state index contributed by atoms with van der Waals surface area (Å²) >= 11 is 6.06. The molecule has 2 aromatic carbocycles. The molecule has 0 radical (unpaired) electrons. The molecule has 0 spiro atoms. The average molecular weight is 371 g/mol. The zero-order chi connectivity index (χ0) is 18.4. The molecule has 26 heavy (non-hydrogen) atoms. The van der Waals surface area contributed by atoms with Crippen LogP contribution in [0.3, 0.4) is 0 Å². The van der Waals surface area contributed by atoms with Crippen LogP contribution >= 0.6 is 11.6 Å². The monoisotopic (exact) mass is 370 g/mol. The average Bonchev–Trinajstić information content (AvgIpc) is 2.64.